The summed E-state index contributed by atoms with van der Waals surface area (Å²) >= 11 is 3.42. The number of carbonyl (C=O) groups excluding carboxylic acids is 2. The van der Waals surface area contributed by atoms with E-state index in [-0.39, 0.29) is 5.57 Å². The zero-order valence-electron chi connectivity index (χ0n) is 15.2. The van der Waals surface area contributed by atoms with Crippen LogP contribution < -0.4 is 10.2 Å². The molecule has 0 unspecified atom stereocenters. The lowest BCUT2D eigenvalue weighted by Crippen LogP contribution is -2.31. The Balaban J connectivity index is 2.00. The number of amides is 2. The van der Waals surface area contributed by atoms with Gasteiger partial charge in [-0.15, -0.1) is 0 Å². The number of anilines is 2. The minimum atomic E-state index is -0.487. The summed E-state index contributed by atoms with van der Waals surface area (Å²) in [7, 11) is 0. The first-order chi connectivity index (χ1) is 14.0. The van der Waals surface area contributed by atoms with Crippen molar-refractivity contribution in [1.29, 1.82) is 0 Å². The maximum atomic E-state index is 14.0. The summed E-state index contributed by atoms with van der Waals surface area (Å²) in [5, 5.41) is 10.7. The summed E-state index contributed by atoms with van der Waals surface area (Å²) in [6.07, 6.45) is 2.99. The van der Waals surface area contributed by atoms with Crippen LogP contribution in [-0.4, -0.2) is 22.0 Å². The van der Waals surface area contributed by atoms with Gasteiger partial charge in [0.2, 0.25) is 5.91 Å². The molecule has 4 rings (SSSR count). The lowest BCUT2D eigenvalue weighted by molar-refractivity contribution is -0.122. The third kappa shape index (κ3) is 3.54. The molecule has 0 saturated heterocycles. The molecule has 144 valence electrons. The first-order valence-corrected chi connectivity index (χ1v) is 9.44. The molecule has 8 heteroatoms. The number of carbonyl (C=O) groups is 2. The van der Waals surface area contributed by atoms with E-state index in [0.717, 1.165) is 9.37 Å². The molecule has 0 atom stereocenters. The van der Waals surface area contributed by atoms with Gasteiger partial charge in [-0.2, -0.15) is 10.2 Å². The van der Waals surface area contributed by atoms with Crippen molar-refractivity contribution in [2.24, 2.45) is 0 Å². The van der Waals surface area contributed by atoms with Gasteiger partial charge in [0.15, 0.2) is 0 Å². The van der Waals surface area contributed by atoms with Crippen molar-refractivity contribution in [1.82, 2.24) is 10.2 Å². The van der Waals surface area contributed by atoms with Crippen LogP contribution in [0.4, 0.5) is 15.8 Å². The van der Waals surface area contributed by atoms with Crippen molar-refractivity contribution in [3.8, 4) is 0 Å². The Morgan fingerprint density at radius 3 is 2.66 bits per heavy atom. The average Bonchev–Trinajstić information content (AvgIpc) is 2.98. The predicted octanol–water partition coefficient (Wildman–Crippen LogP) is 4.25. The minimum Gasteiger partial charge on any atom is -0.353 e. The fourth-order valence-corrected chi connectivity index (χ4v) is 3.59. The summed E-state index contributed by atoms with van der Waals surface area (Å²) in [5.41, 5.74) is 2.70. The molecular weight excluding hydrogens is 439 g/mol. The molecule has 0 spiro atoms. The van der Waals surface area contributed by atoms with Crippen molar-refractivity contribution in [2.75, 3.05) is 10.2 Å². The molecule has 1 aliphatic rings. The Morgan fingerprint density at radius 2 is 1.97 bits per heavy atom. The van der Waals surface area contributed by atoms with E-state index >= 15 is 0 Å². The highest BCUT2D eigenvalue weighted by atomic mass is 79.9. The Morgan fingerprint density at radius 1 is 1.14 bits per heavy atom. The Kier molecular flexibility index (Phi) is 4.94. The summed E-state index contributed by atoms with van der Waals surface area (Å²) in [5.74, 6) is -1.34. The summed E-state index contributed by atoms with van der Waals surface area (Å²) in [4.78, 5) is 26.6. The molecule has 0 fully saturated rings. The van der Waals surface area contributed by atoms with Crippen LogP contribution in [0.2, 0.25) is 0 Å². The molecule has 0 saturated carbocycles. The molecule has 1 aromatic heterocycles. The molecule has 0 bridgehead atoms. The second-order valence-electron chi connectivity index (χ2n) is 6.34. The number of imide groups is 1. The maximum absolute atomic E-state index is 14.0. The van der Waals surface area contributed by atoms with E-state index in [0.29, 0.717) is 28.2 Å². The Bertz CT molecular complexity index is 1160. The van der Waals surface area contributed by atoms with Gasteiger partial charge in [-0.05, 0) is 36.4 Å². The summed E-state index contributed by atoms with van der Waals surface area (Å²) in [6, 6.07) is 12.8. The van der Waals surface area contributed by atoms with Crippen LogP contribution in [-0.2, 0) is 9.59 Å². The lowest BCUT2D eigenvalue weighted by Gasteiger charge is -2.15. The number of fused-ring (bicyclic) bond motifs is 1. The van der Waals surface area contributed by atoms with E-state index in [1.807, 2.05) is 0 Å². The molecule has 0 radical (unpaired) electrons. The van der Waals surface area contributed by atoms with E-state index in [1.54, 1.807) is 36.4 Å². The van der Waals surface area contributed by atoms with Crippen LogP contribution in [0.3, 0.4) is 0 Å². The molecule has 29 heavy (non-hydrogen) atoms. The summed E-state index contributed by atoms with van der Waals surface area (Å²) < 4.78 is 14.7. The first kappa shape index (κ1) is 18.9. The smallest absolute Gasteiger partial charge is 0.267 e. The molecule has 1 aliphatic heterocycles. The zero-order chi connectivity index (χ0) is 20.5. The quantitative estimate of drug-likeness (QED) is 0.601. The van der Waals surface area contributed by atoms with Gasteiger partial charge in [-0.3, -0.25) is 9.59 Å². The van der Waals surface area contributed by atoms with Crippen LogP contribution in [0, 0.1) is 5.82 Å². The van der Waals surface area contributed by atoms with Gasteiger partial charge >= 0.3 is 0 Å². The molecule has 2 aromatic carbocycles. The molecule has 1 N–H and O–H groups in total. The fourth-order valence-electron chi connectivity index (χ4n) is 3.23. The largest absolute Gasteiger partial charge is 0.353 e. The van der Waals surface area contributed by atoms with E-state index in [1.165, 1.54) is 31.5 Å². The zero-order valence-corrected chi connectivity index (χ0v) is 16.8. The van der Waals surface area contributed by atoms with Gasteiger partial charge < -0.3 is 5.32 Å². The molecule has 0 aliphatic carbocycles. The van der Waals surface area contributed by atoms with Gasteiger partial charge in [0, 0.05) is 22.5 Å². The van der Waals surface area contributed by atoms with Crippen LogP contribution in [0.25, 0.3) is 11.3 Å². The SMILES string of the molecule is CC(=O)N1C(=O)/C(=C(\Nc2ccnnc2)c2cccc(F)c2)c2cc(Br)ccc21. The molecule has 6 nitrogen and oxygen atoms in total. The molecule has 2 heterocycles. The third-order valence-corrected chi connectivity index (χ3v) is 4.91. The number of hydrogen-bond donors (Lipinski definition) is 1. The molecular formula is C21H14BrFN4O2. The Hall–Kier alpha value is -3.39. The highest BCUT2D eigenvalue weighted by molar-refractivity contribution is 9.10. The minimum absolute atomic E-state index is 0.263. The van der Waals surface area contributed by atoms with Gasteiger partial charge in [-0.1, -0.05) is 28.1 Å². The van der Waals surface area contributed by atoms with Crippen LogP contribution >= 0.6 is 15.9 Å². The number of rotatable bonds is 3. The first-order valence-electron chi connectivity index (χ1n) is 8.64. The lowest BCUT2D eigenvalue weighted by atomic mass is 10.00. The maximum Gasteiger partial charge on any atom is 0.267 e. The van der Waals surface area contributed by atoms with Gasteiger partial charge in [0.25, 0.3) is 5.91 Å². The van der Waals surface area contributed by atoms with Crippen molar-refractivity contribution in [3.63, 3.8) is 0 Å². The number of nitrogens with zero attached hydrogens (tertiary/aromatic N) is 3. The molecule has 3 aromatic rings. The highest BCUT2D eigenvalue weighted by Gasteiger charge is 2.37. The van der Waals surface area contributed by atoms with E-state index in [9.17, 15) is 14.0 Å². The predicted molar refractivity (Wildman–Crippen MR) is 111 cm³/mol. The Labute approximate surface area is 174 Å². The van der Waals surface area contributed by atoms with E-state index in [2.05, 4.69) is 31.4 Å². The van der Waals surface area contributed by atoms with Gasteiger partial charge in [-0.25, -0.2) is 9.29 Å². The number of hydrogen-bond acceptors (Lipinski definition) is 5. The van der Waals surface area contributed by atoms with Crippen LogP contribution in [0.1, 0.15) is 18.1 Å². The topological polar surface area (TPSA) is 75.2 Å². The van der Waals surface area contributed by atoms with E-state index in [4.69, 9.17) is 0 Å². The normalized spacial score (nSPS) is 14.6. The fraction of sp³-hybridized carbons (Fsp3) is 0.0476. The average molecular weight is 453 g/mol. The summed E-state index contributed by atoms with van der Waals surface area (Å²) in [6.45, 7) is 1.33. The van der Waals surface area contributed by atoms with Crippen molar-refractivity contribution in [2.45, 2.75) is 6.92 Å². The van der Waals surface area contributed by atoms with Crippen LogP contribution in [0.15, 0.2) is 65.4 Å². The molecule has 2 amide bonds. The van der Waals surface area contributed by atoms with Crippen molar-refractivity contribution in [3.05, 3.63) is 82.3 Å². The standard InChI is InChI=1S/C21H14BrFN4O2/c1-12(28)27-18-6-5-14(22)10-17(18)19(21(27)29)20(13-3-2-4-15(23)9-13)26-16-7-8-24-25-11-16/h2-11H,1H3,(H,24,26)/b20-19-. The third-order valence-electron chi connectivity index (χ3n) is 4.42. The monoisotopic (exact) mass is 452 g/mol. The second kappa shape index (κ2) is 7.56. The van der Waals surface area contributed by atoms with Crippen molar-refractivity contribution < 1.29 is 14.0 Å². The highest BCUT2D eigenvalue weighted by Crippen LogP contribution is 2.42. The number of nitrogens with one attached hydrogen (secondary N) is 1. The van der Waals surface area contributed by atoms with Gasteiger partial charge in [0.1, 0.15) is 5.82 Å². The number of benzene rings is 2. The van der Waals surface area contributed by atoms with Crippen molar-refractivity contribution >= 4 is 50.4 Å². The number of halogens is 2. The number of aromatic nitrogens is 2. The van der Waals surface area contributed by atoms with Crippen LogP contribution in [0.5, 0.6) is 0 Å². The van der Waals surface area contributed by atoms with E-state index < -0.39 is 17.6 Å². The van der Waals surface area contributed by atoms with Gasteiger partial charge in [0.05, 0.1) is 35.0 Å². The second-order valence-corrected chi connectivity index (χ2v) is 7.25.